The molecule has 3 rings (SSSR count). The van der Waals surface area contributed by atoms with Crippen molar-refractivity contribution in [2.45, 2.75) is 39.3 Å². The Morgan fingerprint density at radius 2 is 1.75 bits per heavy atom. The van der Waals surface area contributed by atoms with Crippen molar-refractivity contribution in [3.05, 3.63) is 53.5 Å². The Hall–Kier alpha value is -3.01. The molecule has 10 heteroatoms. The number of hydrogen-bond donors (Lipinski definition) is 1. The Morgan fingerprint density at radius 3 is 2.32 bits per heavy atom. The van der Waals surface area contributed by atoms with Crippen molar-refractivity contribution < 1.29 is 17.5 Å². The SMILES string of the molecule is CCn1cc(S(=O)(=O)Nc2c(C)nc(Oc3ccccc3F)nc2C)nc1C. The molecule has 0 amide bonds. The van der Waals surface area contributed by atoms with Crippen LogP contribution in [-0.4, -0.2) is 27.9 Å². The number of halogens is 1. The van der Waals surface area contributed by atoms with Gasteiger partial charge in [-0.3, -0.25) is 4.72 Å². The van der Waals surface area contributed by atoms with Crippen LogP contribution in [0, 0.1) is 26.6 Å². The van der Waals surface area contributed by atoms with Gasteiger partial charge in [-0.1, -0.05) is 12.1 Å². The number of hydrogen-bond acceptors (Lipinski definition) is 6. The molecule has 0 bridgehead atoms. The number of aromatic nitrogens is 4. The molecule has 148 valence electrons. The number of sulfonamides is 1. The van der Waals surface area contributed by atoms with E-state index in [4.69, 9.17) is 4.74 Å². The Labute approximate surface area is 162 Å². The van der Waals surface area contributed by atoms with Gasteiger partial charge < -0.3 is 9.30 Å². The van der Waals surface area contributed by atoms with Gasteiger partial charge in [0.25, 0.3) is 10.0 Å². The van der Waals surface area contributed by atoms with Gasteiger partial charge in [0.2, 0.25) is 0 Å². The zero-order valence-corrected chi connectivity index (χ0v) is 16.7. The van der Waals surface area contributed by atoms with Gasteiger partial charge >= 0.3 is 6.01 Å². The second kappa shape index (κ2) is 7.55. The predicted octanol–water partition coefficient (Wildman–Crippen LogP) is 3.35. The molecule has 1 aromatic carbocycles. The number of nitrogens with zero attached hydrogens (tertiary/aromatic N) is 4. The summed E-state index contributed by atoms with van der Waals surface area (Å²) in [7, 11) is -3.91. The molecular weight excluding hydrogens is 385 g/mol. The van der Waals surface area contributed by atoms with Crippen molar-refractivity contribution in [3.63, 3.8) is 0 Å². The van der Waals surface area contributed by atoms with Gasteiger partial charge in [-0.25, -0.2) is 9.37 Å². The predicted molar refractivity (Wildman–Crippen MR) is 101 cm³/mol. The van der Waals surface area contributed by atoms with E-state index in [2.05, 4.69) is 19.7 Å². The van der Waals surface area contributed by atoms with Crippen LogP contribution in [0.25, 0.3) is 0 Å². The van der Waals surface area contributed by atoms with Crippen LogP contribution in [0.5, 0.6) is 11.8 Å². The summed E-state index contributed by atoms with van der Waals surface area (Å²) in [6.07, 6.45) is 1.47. The fraction of sp³-hybridized carbons (Fsp3) is 0.278. The van der Waals surface area contributed by atoms with E-state index in [0.29, 0.717) is 23.8 Å². The summed E-state index contributed by atoms with van der Waals surface area (Å²) in [5, 5.41) is -0.0858. The van der Waals surface area contributed by atoms with Crippen molar-refractivity contribution >= 4 is 15.7 Å². The first-order valence-corrected chi connectivity index (χ1v) is 10.0. The average molecular weight is 405 g/mol. The molecule has 0 atom stereocenters. The molecule has 8 nitrogen and oxygen atoms in total. The zero-order valence-electron chi connectivity index (χ0n) is 15.9. The first-order valence-electron chi connectivity index (χ1n) is 8.55. The molecule has 0 saturated carbocycles. The second-order valence-electron chi connectivity index (χ2n) is 6.10. The molecule has 0 radical (unpaired) electrons. The lowest BCUT2D eigenvalue weighted by Crippen LogP contribution is -2.16. The number of benzene rings is 1. The topological polar surface area (TPSA) is 99.0 Å². The normalized spacial score (nSPS) is 11.5. The number of para-hydroxylation sites is 1. The summed E-state index contributed by atoms with van der Waals surface area (Å²) >= 11 is 0. The summed E-state index contributed by atoms with van der Waals surface area (Å²) in [5.41, 5.74) is 0.910. The number of ether oxygens (including phenoxy) is 1. The van der Waals surface area contributed by atoms with Gasteiger partial charge in [-0.15, -0.1) is 0 Å². The van der Waals surface area contributed by atoms with Crippen molar-refractivity contribution in [2.24, 2.45) is 0 Å². The Bertz CT molecular complexity index is 1100. The minimum absolute atomic E-state index is 0.0183. The molecule has 2 aromatic heterocycles. The molecular formula is C18H20FN5O3S. The van der Waals surface area contributed by atoms with Gasteiger partial charge in [0, 0.05) is 12.7 Å². The van der Waals surface area contributed by atoms with Crippen molar-refractivity contribution in [2.75, 3.05) is 4.72 Å². The summed E-state index contributed by atoms with van der Waals surface area (Å²) < 4.78 is 48.7. The maximum atomic E-state index is 13.7. The highest BCUT2D eigenvalue weighted by Crippen LogP contribution is 2.26. The highest BCUT2D eigenvalue weighted by molar-refractivity contribution is 7.92. The van der Waals surface area contributed by atoms with E-state index in [1.807, 2.05) is 6.92 Å². The third-order valence-electron chi connectivity index (χ3n) is 4.09. The number of aryl methyl sites for hydroxylation is 4. The van der Waals surface area contributed by atoms with Crippen LogP contribution in [0.1, 0.15) is 24.1 Å². The van der Waals surface area contributed by atoms with E-state index in [9.17, 15) is 12.8 Å². The van der Waals surface area contributed by atoms with Gasteiger partial charge in [0.1, 0.15) is 5.82 Å². The molecule has 0 aliphatic carbocycles. The van der Waals surface area contributed by atoms with Crippen LogP contribution >= 0.6 is 0 Å². The van der Waals surface area contributed by atoms with E-state index in [-0.39, 0.29) is 22.5 Å². The largest absolute Gasteiger partial charge is 0.421 e. The van der Waals surface area contributed by atoms with Crippen LogP contribution in [0.15, 0.2) is 35.5 Å². The first-order chi connectivity index (χ1) is 13.2. The lowest BCUT2D eigenvalue weighted by Gasteiger charge is -2.13. The second-order valence-corrected chi connectivity index (χ2v) is 7.73. The van der Waals surface area contributed by atoms with E-state index in [0.717, 1.165) is 0 Å². The summed E-state index contributed by atoms with van der Waals surface area (Å²) in [6, 6.07) is 5.80. The van der Waals surface area contributed by atoms with Crippen molar-refractivity contribution in [1.29, 1.82) is 0 Å². The minimum Gasteiger partial charge on any atom is -0.421 e. The molecule has 0 unspecified atom stereocenters. The van der Waals surface area contributed by atoms with Crippen LogP contribution in [0.3, 0.4) is 0 Å². The summed E-state index contributed by atoms with van der Waals surface area (Å²) in [4.78, 5) is 12.4. The highest BCUT2D eigenvalue weighted by atomic mass is 32.2. The number of rotatable bonds is 6. The van der Waals surface area contributed by atoms with Crippen LogP contribution < -0.4 is 9.46 Å². The fourth-order valence-corrected chi connectivity index (χ4v) is 3.81. The quantitative estimate of drug-likeness (QED) is 0.675. The van der Waals surface area contributed by atoms with Crippen LogP contribution in [0.2, 0.25) is 0 Å². The maximum Gasteiger partial charge on any atom is 0.322 e. The molecule has 2 heterocycles. The van der Waals surface area contributed by atoms with Gasteiger partial charge in [0.05, 0.1) is 17.1 Å². The smallest absolute Gasteiger partial charge is 0.322 e. The van der Waals surface area contributed by atoms with Crippen molar-refractivity contribution in [3.8, 4) is 11.8 Å². The van der Waals surface area contributed by atoms with Gasteiger partial charge in [-0.2, -0.15) is 18.4 Å². The van der Waals surface area contributed by atoms with Crippen LogP contribution in [0.4, 0.5) is 10.1 Å². The third kappa shape index (κ3) is 3.96. The Morgan fingerprint density at radius 1 is 1.11 bits per heavy atom. The maximum absolute atomic E-state index is 13.7. The fourth-order valence-electron chi connectivity index (χ4n) is 2.62. The number of imidazole rings is 1. The molecule has 1 N–H and O–H groups in total. The standard InChI is InChI=1S/C18H20FN5O3S/c1-5-24-10-16(22-13(24)4)28(25,26)23-17-11(2)20-18(21-12(17)3)27-15-9-7-6-8-14(15)19/h6-10,23H,5H2,1-4H3. The highest BCUT2D eigenvalue weighted by Gasteiger charge is 2.22. The molecule has 0 aliphatic heterocycles. The Kier molecular flexibility index (Phi) is 5.32. The average Bonchev–Trinajstić information content (AvgIpc) is 3.02. The summed E-state index contributed by atoms with van der Waals surface area (Å²) in [6.45, 7) is 7.46. The molecule has 0 aliphatic rings. The van der Waals surface area contributed by atoms with E-state index in [1.165, 1.54) is 18.3 Å². The molecule has 0 spiro atoms. The lowest BCUT2D eigenvalue weighted by atomic mass is 10.3. The minimum atomic E-state index is -3.91. The van der Waals surface area contributed by atoms with Gasteiger partial charge in [-0.05, 0) is 39.8 Å². The monoisotopic (exact) mass is 405 g/mol. The number of anilines is 1. The molecule has 3 aromatic rings. The van der Waals surface area contributed by atoms with Crippen LogP contribution in [-0.2, 0) is 16.6 Å². The molecule has 28 heavy (non-hydrogen) atoms. The van der Waals surface area contributed by atoms with Gasteiger partial charge in [0.15, 0.2) is 16.6 Å². The van der Waals surface area contributed by atoms with E-state index in [1.54, 1.807) is 37.5 Å². The van der Waals surface area contributed by atoms with E-state index >= 15 is 0 Å². The lowest BCUT2D eigenvalue weighted by molar-refractivity contribution is 0.409. The van der Waals surface area contributed by atoms with Crippen molar-refractivity contribution in [1.82, 2.24) is 19.5 Å². The number of nitrogens with one attached hydrogen (secondary N) is 1. The first kappa shape index (κ1) is 19.7. The zero-order chi connectivity index (χ0) is 20.5. The van der Waals surface area contributed by atoms with E-state index < -0.39 is 15.8 Å². The summed E-state index contributed by atoms with van der Waals surface area (Å²) in [5.74, 6) is 0.0319. The third-order valence-corrected chi connectivity index (χ3v) is 5.31. The Balaban J connectivity index is 1.89. The molecule has 0 saturated heterocycles. The molecule has 0 fully saturated rings.